The number of hydrogen-bond acceptors (Lipinski definition) is 5. The Labute approximate surface area is 179 Å². The molecule has 0 aromatic heterocycles. The lowest BCUT2D eigenvalue weighted by molar-refractivity contribution is -0.138. The number of alkyl halides is 3. The minimum Gasteiger partial charge on any atom is -0.503 e. The molecule has 8 heteroatoms. The summed E-state index contributed by atoms with van der Waals surface area (Å²) < 4.78 is 48.7. The van der Waals surface area contributed by atoms with Crippen molar-refractivity contribution in [3.05, 3.63) is 69.5 Å². The topological polar surface area (TPSA) is 57.1 Å². The van der Waals surface area contributed by atoms with Crippen LogP contribution in [0, 0.1) is 0 Å². The van der Waals surface area contributed by atoms with Crippen LogP contribution in [-0.2, 0) is 25.3 Å². The molecule has 1 aromatic rings. The van der Waals surface area contributed by atoms with E-state index in [9.17, 15) is 18.0 Å². The zero-order chi connectivity index (χ0) is 23.2. The Morgan fingerprint density at radius 3 is 2.45 bits per heavy atom. The van der Waals surface area contributed by atoms with E-state index >= 15 is 0 Å². The Bertz CT molecular complexity index is 956. The molecular weight excluding hydrogens is 411 g/mol. The lowest BCUT2D eigenvalue weighted by atomic mass is 9.84. The van der Waals surface area contributed by atoms with Gasteiger partial charge in [-0.25, -0.2) is 4.79 Å². The quantitative estimate of drug-likeness (QED) is 0.140. The minimum atomic E-state index is -4.43. The molecule has 1 aliphatic rings. The van der Waals surface area contributed by atoms with Crippen LogP contribution in [0.25, 0.3) is 0 Å². The van der Waals surface area contributed by atoms with Crippen molar-refractivity contribution >= 4 is 11.7 Å². The molecule has 168 valence electrons. The number of nitrogens with zero attached hydrogens (tertiary/aromatic N) is 1. The highest BCUT2D eigenvalue weighted by atomic mass is 19.4. The lowest BCUT2D eigenvalue weighted by Gasteiger charge is -2.23. The maximum Gasteiger partial charge on any atom is 0.416 e. The third kappa shape index (κ3) is 6.23. The van der Waals surface area contributed by atoms with Crippen LogP contribution in [0.2, 0.25) is 0 Å². The molecule has 0 atom stereocenters. The first kappa shape index (κ1) is 24.2. The summed E-state index contributed by atoms with van der Waals surface area (Å²) in [6.07, 6.45) is -1.98. The molecule has 1 aromatic carbocycles. The summed E-state index contributed by atoms with van der Waals surface area (Å²) in [4.78, 5) is 17.7. The summed E-state index contributed by atoms with van der Waals surface area (Å²) in [6, 6.07) is 4.90. The number of methoxy groups -OCH3 is 2. The fraction of sp³-hybridized carbons (Fsp3) is 0.391. The van der Waals surface area contributed by atoms with E-state index in [-0.39, 0.29) is 6.61 Å². The summed E-state index contributed by atoms with van der Waals surface area (Å²) in [6.45, 7) is 5.64. The van der Waals surface area contributed by atoms with Crippen LogP contribution in [0.4, 0.5) is 13.2 Å². The van der Waals surface area contributed by atoms with E-state index in [1.165, 1.54) is 32.6 Å². The molecule has 0 aliphatic heterocycles. The summed E-state index contributed by atoms with van der Waals surface area (Å²) in [7, 11) is 2.74. The molecule has 0 N–H and O–H groups in total. The maximum atomic E-state index is 12.9. The minimum absolute atomic E-state index is 0.0777. The Kier molecular flexibility index (Phi) is 8.08. The number of carbonyl (C=O) groups is 1. The molecule has 0 heterocycles. The Morgan fingerprint density at radius 2 is 1.84 bits per heavy atom. The van der Waals surface area contributed by atoms with Crippen molar-refractivity contribution in [2.24, 2.45) is 5.16 Å². The van der Waals surface area contributed by atoms with Crippen LogP contribution in [0.5, 0.6) is 0 Å². The van der Waals surface area contributed by atoms with Crippen LogP contribution in [0.15, 0.2) is 63.5 Å². The van der Waals surface area contributed by atoms with Gasteiger partial charge in [0.25, 0.3) is 0 Å². The molecule has 2 rings (SSSR count). The van der Waals surface area contributed by atoms with Gasteiger partial charge in [-0.05, 0) is 62.5 Å². The molecular formula is C23H26F3NO4. The van der Waals surface area contributed by atoms with Gasteiger partial charge in [0.05, 0.1) is 37.3 Å². The van der Waals surface area contributed by atoms with Crippen LogP contribution < -0.4 is 0 Å². The molecule has 31 heavy (non-hydrogen) atoms. The van der Waals surface area contributed by atoms with Gasteiger partial charge in [-0.3, -0.25) is 0 Å². The van der Waals surface area contributed by atoms with Crippen molar-refractivity contribution in [2.45, 2.75) is 39.8 Å². The normalized spacial score (nSPS) is 15.9. The molecule has 0 saturated carbocycles. The maximum absolute atomic E-state index is 12.9. The van der Waals surface area contributed by atoms with Crippen LogP contribution in [0.3, 0.4) is 0 Å². The Morgan fingerprint density at radius 1 is 1.16 bits per heavy atom. The fourth-order valence-corrected chi connectivity index (χ4v) is 3.19. The number of benzene rings is 1. The second kappa shape index (κ2) is 10.3. The predicted molar refractivity (Wildman–Crippen MR) is 111 cm³/mol. The van der Waals surface area contributed by atoms with Gasteiger partial charge in [-0.2, -0.15) is 13.2 Å². The first-order valence-corrected chi connectivity index (χ1v) is 9.60. The van der Waals surface area contributed by atoms with E-state index in [0.29, 0.717) is 29.7 Å². The van der Waals surface area contributed by atoms with Crippen LogP contribution >= 0.6 is 0 Å². The number of esters is 1. The molecule has 1 aliphatic carbocycles. The van der Waals surface area contributed by atoms with Crippen LogP contribution in [0.1, 0.15) is 44.7 Å². The van der Waals surface area contributed by atoms with Crippen molar-refractivity contribution < 1.29 is 32.3 Å². The van der Waals surface area contributed by atoms with Crippen molar-refractivity contribution in [1.29, 1.82) is 0 Å². The first-order valence-electron chi connectivity index (χ1n) is 9.60. The van der Waals surface area contributed by atoms with Gasteiger partial charge in [0.2, 0.25) is 0 Å². The van der Waals surface area contributed by atoms with Gasteiger partial charge in [-0.1, -0.05) is 28.4 Å². The van der Waals surface area contributed by atoms with E-state index in [1.54, 1.807) is 6.92 Å². The average molecular weight is 437 g/mol. The van der Waals surface area contributed by atoms with E-state index in [2.05, 4.69) is 5.16 Å². The smallest absolute Gasteiger partial charge is 0.416 e. The van der Waals surface area contributed by atoms with Crippen molar-refractivity contribution in [3.63, 3.8) is 0 Å². The second-order valence-electron chi connectivity index (χ2n) is 7.28. The predicted octanol–water partition coefficient (Wildman–Crippen LogP) is 5.58. The van der Waals surface area contributed by atoms with Crippen molar-refractivity contribution in [2.75, 3.05) is 20.8 Å². The zero-order valence-corrected chi connectivity index (χ0v) is 18.2. The van der Waals surface area contributed by atoms with Gasteiger partial charge in [0, 0.05) is 0 Å². The summed E-state index contributed by atoms with van der Waals surface area (Å²) in [5, 5.41) is 3.99. The molecule has 0 fully saturated rings. The third-order valence-electron chi connectivity index (χ3n) is 5.09. The number of ether oxygens (including phenoxy) is 2. The van der Waals surface area contributed by atoms with Gasteiger partial charge < -0.3 is 14.3 Å². The highest BCUT2D eigenvalue weighted by Gasteiger charge is 2.30. The highest BCUT2D eigenvalue weighted by Crippen LogP contribution is 2.34. The summed E-state index contributed by atoms with van der Waals surface area (Å²) in [5.74, 6) is -0.523. The fourth-order valence-electron chi connectivity index (χ4n) is 3.19. The SMILES string of the molecule is CO/C=C(/C(=O)OC)C1=C(CO/N=C(\C)c2cccc(C(F)(F)F)c2)CC(C)=C(C)C1. The molecule has 5 nitrogen and oxygen atoms in total. The molecule has 0 unspecified atom stereocenters. The molecule has 0 spiro atoms. The van der Waals surface area contributed by atoms with Gasteiger partial charge in [0.15, 0.2) is 0 Å². The van der Waals surface area contributed by atoms with E-state index in [0.717, 1.165) is 34.4 Å². The molecule has 0 radical (unpaired) electrons. The second-order valence-corrected chi connectivity index (χ2v) is 7.28. The number of halogens is 3. The largest absolute Gasteiger partial charge is 0.503 e. The van der Waals surface area contributed by atoms with E-state index < -0.39 is 17.7 Å². The van der Waals surface area contributed by atoms with Crippen molar-refractivity contribution in [3.8, 4) is 0 Å². The van der Waals surface area contributed by atoms with Crippen LogP contribution in [-0.4, -0.2) is 32.5 Å². The highest BCUT2D eigenvalue weighted by molar-refractivity contribution is 5.98. The number of hydrogen-bond donors (Lipinski definition) is 0. The van der Waals surface area contributed by atoms with Gasteiger partial charge in [0.1, 0.15) is 6.61 Å². The number of oxime groups is 1. The van der Waals surface area contributed by atoms with E-state index in [4.69, 9.17) is 14.3 Å². The summed E-state index contributed by atoms with van der Waals surface area (Å²) >= 11 is 0. The first-order chi connectivity index (χ1) is 14.6. The van der Waals surface area contributed by atoms with Gasteiger partial charge in [-0.15, -0.1) is 0 Å². The third-order valence-corrected chi connectivity index (χ3v) is 5.09. The zero-order valence-electron chi connectivity index (χ0n) is 18.2. The Balaban J connectivity index is 2.27. The average Bonchev–Trinajstić information content (AvgIpc) is 2.73. The summed E-state index contributed by atoms with van der Waals surface area (Å²) in [5.41, 5.74) is 4.04. The number of allylic oxidation sites excluding steroid dienone is 2. The standard InChI is InChI=1S/C23H26F3NO4/c1-14-9-18(20(10-15(14)2)21(13-29-4)22(28)30-5)12-31-27-16(3)17-7-6-8-19(11-17)23(24,25)26/h6-8,11,13H,9-10,12H2,1-5H3/b21-13+,27-16+. The monoisotopic (exact) mass is 437 g/mol. The number of rotatable bonds is 7. The van der Waals surface area contributed by atoms with E-state index in [1.807, 2.05) is 13.8 Å². The Hall–Kier alpha value is -3.03. The lowest BCUT2D eigenvalue weighted by Crippen LogP contribution is -2.15. The number of carbonyl (C=O) groups excluding carboxylic acids is 1. The molecule has 0 bridgehead atoms. The van der Waals surface area contributed by atoms with Gasteiger partial charge >= 0.3 is 12.1 Å². The molecule has 0 amide bonds. The van der Waals surface area contributed by atoms with Crippen molar-refractivity contribution in [1.82, 2.24) is 0 Å². The molecule has 0 saturated heterocycles.